The van der Waals surface area contributed by atoms with E-state index in [0.717, 1.165) is 0 Å². The Balaban J connectivity index is 2.00. The molecule has 3 N–H and O–H groups in total. The lowest BCUT2D eigenvalue weighted by Crippen LogP contribution is -2.34. The van der Waals surface area contributed by atoms with Crippen molar-refractivity contribution in [3.63, 3.8) is 0 Å². The lowest BCUT2D eigenvalue weighted by atomic mass is 10.2. The van der Waals surface area contributed by atoms with Gasteiger partial charge in [0.25, 0.3) is 0 Å². The van der Waals surface area contributed by atoms with Gasteiger partial charge in [-0.05, 0) is 20.8 Å². The van der Waals surface area contributed by atoms with Gasteiger partial charge in [-0.2, -0.15) is 0 Å². The average Bonchev–Trinajstić information content (AvgIpc) is 2.85. The molecule has 1 rings (SSSR count). The monoisotopic (exact) mass is 395 g/mol. The summed E-state index contributed by atoms with van der Waals surface area (Å²) in [4.78, 5) is 24.5. The van der Waals surface area contributed by atoms with E-state index >= 15 is 0 Å². The van der Waals surface area contributed by atoms with Crippen LogP contribution >= 0.6 is 0 Å². The number of hydrogen-bond acceptors (Lipinski definition) is 7. The van der Waals surface area contributed by atoms with Crippen molar-refractivity contribution < 1.29 is 32.2 Å². The number of rotatable bonds is 10. The molecule has 1 heterocycles. The second kappa shape index (κ2) is 10.0. The highest BCUT2D eigenvalue weighted by Gasteiger charge is 2.35. The second-order valence-electron chi connectivity index (χ2n) is 6.91. The van der Waals surface area contributed by atoms with E-state index < -0.39 is 27.0 Å². The third-order valence-electron chi connectivity index (χ3n) is 3.44. The molecule has 152 valence electrons. The van der Waals surface area contributed by atoms with Crippen LogP contribution in [0.15, 0.2) is 0 Å². The Bertz CT molecular complexity index is 574. The van der Waals surface area contributed by atoms with Gasteiger partial charge < -0.3 is 24.4 Å². The van der Waals surface area contributed by atoms with Gasteiger partial charge >= 0.3 is 6.09 Å². The van der Waals surface area contributed by atoms with Gasteiger partial charge in [-0.15, -0.1) is 0 Å². The Morgan fingerprint density at radius 3 is 2.38 bits per heavy atom. The molecule has 26 heavy (non-hydrogen) atoms. The van der Waals surface area contributed by atoms with Crippen molar-refractivity contribution >= 4 is 22.0 Å². The summed E-state index contributed by atoms with van der Waals surface area (Å²) in [6.45, 7) is 7.36. The predicted molar refractivity (Wildman–Crippen MR) is 94.0 cm³/mol. The van der Waals surface area contributed by atoms with Crippen molar-refractivity contribution in [2.24, 2.45) is 5.14 Å². The highest BCUT2D eigenvalue weighted by Crippen LogP contribution is 2.15. The molecule has 0 radical (unpaired) electrons. The number of nitrogens with one attached hydrogen (secondary N) is 1. The van der Waals surface area contributed by atoms with E-state index in [1.807, 2.05) is 0 Å². The van der Waals surface area contributed by atoms with Gasteiger partial charge in [-0.3, -0.25) is 4.79 Å². The number of nitrogens with zero attached hydrogens (tertiary/aromatic N) is 1. The number of amides is 2. The molecular formula is C15H29N3O7S. The first-order valence-electron chi connectivity index (χ1n) is 8.41. The van der Waals surface area contributed by atoms with Crippen molar-refractivity contribution in [3.05, 3.63) is 0 Å². The zero-order chi connectivity index (χ0) is 19.8. The maximum atomic E-state index is 11.7. The molecule has 0 aromatic carbocycles. The van der Waals surface area contributed by atoms with E-state index in [4.69, 9.17) is 19.3 Å². The van der Waals surface area contributed by atoms with E-state index in [1.54, 1.807) is 20.8 Å². The first-order chi connectivity index (χ1) is 12.0. The van der Waals surface area contributed by atoms with Gasteiger partial charge in [0.2, 0.25) is 15.9 Å². The third kappa shape index (κ3) is 9.32. The molecule has 1 aliphatic rings. The van der Waals surface area contributed by atoms with E-state index in [0.29, 0.717) is 32.9 Å². The van der Waals surface area contributed by atoms with Crippen LogP contribution in [0.2, 0.25) is 0 Å². The third-order valence-corrected chi connectivity index (χ3v) is 4.68. The van der Waals surface area contributed by atoms with Gasteiger partial charge in [0.15, 0.2) is 0 Å². The van der Waals surface area contributed by atoms with Gasteiger partial charge in [0.05, 0.1) is 26.4 Å². The molecule has 2 amide bonds. The summed E-state index contributed by atoms with van der Waals surface area (Å²) in [5, 5.41) is 6.79. The van der Waals surface area contributed by atoms with Crippen LogP contribution in [0.25, 0.3) is 0 Å². The van der Waals surface area contributed by atoms with E-state index in [2.05, 4.69) is 5.32 Å². The summed E-state index contributed by atoms with van der Waals surface area (Å²) >= 11 is 0. The van der Waals surface area contributed by atoms with Gasteiger partial charge in [0.1, 0.15) is 10.9 Å². The van der Waals surface area contributed by atoms with Crippen molar-refractivity contribution in [2.75, 3.05) is 46.1 Å². The summed E-state index contributed by atoms with van der Waals surface area (Å²) in [5.74, 6) is -0.239. The molecule has 0 aromatic rings. The Hall–Kier alpha value is -1.43. The SMILES string of the molecule is CC(C)(C)OC(=O)NCCOCCOCCN1CC(S(N)(=O)=O)CC1=O. The lowest BCUT2D eigenvalue weighted by molar-refractivity contribution is -0.128. The van der Waals surface area contributed by atoms with Crippen LogP contribution in [0.1, 0.15) is 27.2 Å². The van der Waals surface area contributed by atoms with Crippen molar-refractivity contribution in [2.45, 2.75) is 38.0 Å². The number of alkyl carbamates (subject to hydrolysis) is 1. The van der Waals surface area contributed by atoms with Crippen molar-refractivity contribution in [1.82, 2.24) is 10.2 Å². The molecule has 10 nitrogen and oxygen atoms in total. The smallest absolute Gasteiger partial charge is 0.407 e. The molecule has 0 aliphatic carbocycles. The Morgan fingerprint density at radius 1 is 1.23 bits per heavy atom. The zero-order valence-electron chi connectivity index (χ0n) is 15.5. The number of nitrogens with two attached hydrogens (primary N) is 1. The first kappa shape index (κ1) is 22.6. The number of ether oxygens (including phenoxy) is 3. The minimum Gasteiger partial charge on any atom is -0.444 e. The molecule has 11 heteroatoms. The van der Waals surface area contributed by atoms with Crippen LogP contribution in [-0.2, 0) is 29.0 Å². The van der Waals surface area contributed by atoms with Gasteiger partial charge in [-0.1, -0.05) is 0 Å². The van der Waals surface area contributed by atoms with Gasteiger partial charge in [0, 0.05) is 26.1 Å². The Kier molecular flexibility index (Phi) is 8.74. The number of hydrogen-bond donors (Lipinski definition) is 2. The topological polar surface area (TPSA) is 137 Å². The highest BCUT2D eigenvalue weighted by atomic mass is 32.2. The summed E-state index contributed by atoms with van der Waals surface area (Å²) in [5.41, 5.74) is -0.538. The lowest BCUT2D eigenvalue weighted by Gasteiger charge is -2.19. The van der Waals surface area contributed by atoms with Crippen molar-refractivity contribution in [1.29, 1.82) is 0 Å². The predicted octanol–water partition coefficient (Wildman–Crippen LogP) is -0.566. The van der Waals surface area contributed by atoms with Crippen LogP contribution in [0, 0.1) is 0 Å². The normalized spacial score (nSPS) is 18.2. The number of carbonyl (C=O) groups excluding carboxylic acids is 2. The molecule has 0 bridgehead atoms. The molecule has 1 fully saturated rings. The minimum atomic E-state index is -3.70. The molecule has 1 saturated heterocycles. The average molecular weight is 395 g/mol. The van der Waals surface area contributed by atoms with Crippen molar-refractivity contribution in [3.8, 4) is 0 Å². The fraction of sp³-hybridized carbons (Fsp3) is 0.867. The van der Waals surface area contributed by atoms with E-state index in [9.17, 15) is 18.0 Å². The van der Waals surface area contributed by atoms with E-state index in [-0.39, 0.29) is 25.5 Å². The van der Waals surface area contributed by atoms with Crippen LogP contribution in [0.4, 0.5) is 4.79 Å². The Morgan fingerprint density at radius 2 is 1.85 bits per heavy atom. The van der Waals surface area contributed by atoms with Crippen LogP contribution in [0.3, 0.4) is 0 Å². The number of likely N-dealkylation sites (tertiary alicyclic amines) is 1. The Labute approximate surface area is 154 Å². The molecule has 1 atom stereocenters. The number of carbonyl (C=O) groups is 2. The van der Waals surface area contributed by atoms with E-state index in [1.165, 1.54) is 4.90 Å². The maximum Gasteiger partial charge on any atom is 0.407 e. The number of primary sulfonamides is 1. The summed E-state index contributed by atoms with van der Waals surface area (Å²) in [6.07, 6.45) is -0.572. The minimum absolute atomic E-state index is 0.0768. The molecule has 0 saturated carbocycles. The summed E-state index contributed by atoms with van der Waals surface area (Å²) < 4.78 is 38.2. The number of sulfonamides is 1. The highest BCUT2D eigenvalue weighted by molar-refractivity contribution is 7.89. The maximum absolute atomic E-state index is 11.7. The van der Waals surface area contributed by atoms with Gasteiger partial charge in [-0.25, -0.2) is 18.4 Å². The molecule has 0 aromatic heterocycles. The fourth-order valence-electron chi connectivity index (χ4n) is 2.21. The standard InChI is InChI=1S/C15H29N3O7S/c1-15(2,3)25-14(20)17-4-6-23-8-9-24-7-5-18-11-12(10-13(18)19)26(16,21)22/h12H,4-11H2,1-3H3,(H,17,20)(H2,16,21,22). The zero-order valence-corrected chi connectivity index (χ0v) is 16.3. The van der Waals surface area contributed by atoms with Crippen LogP contribution < -0.4 is 10.5 Å². The first-order valence-corrected chi connectivity index (χ1v) is 10.0. The summed E-state index contributed by atoms with van der Waals surface area (Å²) in [6, 6.07) is 0. The van der Waals surface area contributed by atoms with Crippen LogP contribution in [-0.4, -0.2) is 82.2 Å². The molecule has 1 aliphatic heterocycles. The summed E-state index contributed by atoms with van der Waals surface area (Å²) in [7, 11) is -3.70. The molecule has 1 unspecified atom stereocenters. The largest absolute Gasteiger partial charge is 0.444 e. The second-order valence-corrected chi connectivity index (χ2v) is 8.75. The molecular weight excluding hydrogens is 366 g/mol. The van der Waals surface area contributed by atoms with Crippen LogP contribution in [0.5, 0.6) is 0 Å². The fourth-order valence-corrected chi connectivity index (χ4v) is 2.97. The molecule has 0 spiro atoms. The quantitative estimate of drug-likeness (QED) is 0.473.